The summed E-state index contributed by atoms with van der Waals surface area (Å²) in [5.41, 5.74) is 1.24. The average molecular weight is 499 g/mol. The van der Waals surface area contributed by atoms with E-state index in [0.29, 0.717) is 13.0 Å². The van der Waals surface area contributed by atoms with E-state index in [1.807, 2.05) is 19.9 Å². The molecular formula is C21H34IN5O. The molecule has 1 aliphatic rings. The monoisotopic (exact) mass is 499 g/mol. The third kappa shape index (κ3) is 9.05. The molecule has 0 unspecified atom stereocenters. The lowest BCUT2D eigenvalue weighted by Crippen LogP contribution is -2.52. The van der Waals surface area contributed by atoms with Crippen molar-refractivity contribution in [1.29, 1.82) is 0 Å². The second-order valence-corrected chi connectivity index (χ2v) is 7.05. The highest BCUT2D eigenvalue weighted by Gasteiger charge is 2.18. The zero-order chi connectivity index (χ0) is 19.5. The van der Waals surface area contributed by atoms with Crippen LogP contribution in [0.4, 0.5) is 0 Å². The van der Waals surface area contributed by atoms with Crippen molar-refractivity contribution in [3.63, 3.8) is 0 Å². The van der Waals surface area contributed by atoms with E-state index >= 15 is 0 Å². The van der Waals surface area contributed by atoms with Crippen LogP contribution >= 0.6 is 24.0 Å². The smallest absolute Gasteiger partial charge is 0.221 e. The molecule has 1 fully saturated rings. The number of nitrogens with zero attached hydrogens (tertiary/aromatic N) is 3. The predicted octanol–water partition coefficient (Wildman–Crippen LogP) is 2.43. The molecular weight excluding hydrogens is 465 g/mol. The number of carbonyl (C=O) groups excluding carboxylic acids is 1. The number of piperazine rings is 1. The Labute approximate surface area is 186 Å². The maximum Gasteiger partial charge on any atom is 0.221 e. The summed E-state index contributed by atoms with van der Waals surface area (Å²) in [5, 5.41) is 6.21. The molecule has 1 aromatic carbocycles. The van der Waals surface area contributed by atoms with Crippen molar-refractivity contribution in [3.05, 3.63) is 42.0 Å². The van der Waals surface area contributed by atoms with Crippen molar-refractivity contribution in [2.24, 2.45) is 4.99 Å². The van der Waals surface area contributed by atoms with Gasteiger partial charge in [0, 0.05) is 58.8 Å². The van der Waals surface area contributed by atoms with Crippen molar-refractivity contribution >= 4 is 41.9 Å². The molecule has 28 heavy (non-hydrogen) atoms. The summed E-state index contributed by atoms with van der Waals surface area (Å²) in [6.07, 6.45) is 4.86. The zero-order valence-electron chi connectivity index (χ0n) is 17.2. The number of aliphatic imine (C=N–C) groups is 1. The molecule has 1 heterocycles. The van der Waals surface area contributed by atoms with Crippen molar-refractivity contribution in [2.75, 3.05) is 46.3 Å². The first-order valence-electron chi connectivity index (χ1n) is 9.77. The molecule has 0 atom stereocenters. The lowest BCUT2D eigenvalue weighted by Gasteiger charge is -2.36. The van der Waals surface area contributed by atoms with E-state index in [9.17, 15) is 4.79 Å². The first-order chi connectivity index (χ1) is 13.1. The number of hydrogen-bond donors (Lipinski definition) is 2. The lowest BCUT2D eigenvalue weighted by molar-refractivity contribution is -0.121. The number of amides is 1. The third-order valence-corrected chi connectivity index (χ3v) is 4.44. The zero-order valence-corrected chi connectivity index (χ0v) is 19.6. The second-order valence-electron chi connectivity index (χ2n) is 7.05. The first-order valence-corrected chi connectivity index (χ1v) is 9.77. The number of nitrogens with one attached hydrogen (secondary N) is 2. The minimum absolute atomic E-state index is 0. The fraction of sp³-hybridized carbons (Fsp3) is 0.524. The van der Waals surface area contributed by atoms with Crippen LogP contribution in [0, 0.1) is 0 Å². The molecule has 0 spiro atoms. The van der Waals surface area contributed by atoms with Gasteiger partial charge >= 0.3 is 0 Å². The predicted molar refractivity (Wildman–Crippen MR) is 128 cm³/mol. The quantitative estimate of drug-likeness (QED) is 0.344. The molecule has 156 valence electrons. The highest BCUT2D eigenvalue weighted by Crippen LogP contribution is 2.05. The fourth-order valence-corrected chi connectivity index (χ4v) is 3.06. The molecule has 1 aliphatic heterocycles. The van der Waals surface area contributed by atoms with Crippen LogP contribution in [0.3, 0.4) is 0 Å². The van der Waals surface area contributed by atoms with Crippen LogP contribution in [0.5, 0.6) is 0 Å². The van der Waals surface area contributed by atoms with Gasteiger partial charge in [0.1, 0.15) is 0 Å². The standard InChI is InChI=1S/C21H33N5O.HI/c1-18(2)24-20(27)11-12-23-21(22-3)26-16-14-25(15-17-26)13-7-10-19-8-5-4-6-9-19;/h4-10,18H,11-17H2,1-3H3,(H,22,23)(H,24,27);1H/b10-7+;. The minimum atomic E-state index is 0. The molecule has 6 nitrogen and oxygen atoms in total. The highest BCUT2D eigenvalue weighted by molar-refractivity contribution is 14.0. The second kappa shape index (κ2) is 13.5. The first kappa shape index (κ1) is 24.4. The van der Waals surface area contributed by atoms with Crippen LogP contribution in [0.2, 0.25) is 0 Å². The molecule has 0 radical (unpaired) electrons. The van der Waals surface area contributed by atoms with Gasteiger partial charge in [0.15, 0.2) is 5.96 Å². The molecule has 0 saturated carbocycles. The minimum Gasteiger partial charge on any atom is -0.356 e. The van der Waals surface area contributed by atoms with Crippen LogP contribution < -0.4 is 10.6 Å². The van der Waals surface area contributed by atoms with Gasteiger partial charge < -0.3 is 15.5 Å². The summed E-state index contributed by atoms with van der Waals surface area (Å²) in [6.45, 7) is 9.41. The number of guanidine groups is 1. The van der Waals surface area contributed by atoms with E-state index in [0.717, 1.165) is 38.7 Å². The molecule has 2 rings (SSSR count). The maximum absolute atomic E-state index is 11.7. The van der Waals surface area contributed by atoms with Crippen molar-refractivity contribution in [2.45, 2.75) is 26.3 Å². The Morgan fingerprint density at radius 2 is 1.86 bits per heavy atom. The summed E-state index contributed by atoms with van der Waals surface area (Å²) >= 11 is 0. The molecule has 1 aromatic rings. The van der Waals surface area contributed by atoms with Crippen LogP contribution in [-0.2, 0) is 4.79 Å². The highest BCUT2D eigenvalue weighted by atomic mass is 127. The molecule has 0 aliphatic carbocycles. The largest absolute Gasteiger partial charge is 0.356 e. The van der Waals surface area contributed by atoms with Gasteiger partial charge in [-0.3, -0.25) is 14.7 Å². The summed E-state index contributed by atoms with van der Waals surface area (Å²) in [5.74, 6) is 0.954. The molecule has 0 bridgehead atoms. The summed E-state index contributed by atoms with van der Waals surface area (Å²) in [7, 11) is 1.80. The van der Waals surface area contributed by atoms with Gasteiger partial charge in [-0.15, -0.1) is 24.0 Å². The van der Waals surface area contributed by atoms with Gasteiger partial charge in [0.25, 0.3) is 0 Å². The van der Waals surface area contributed by atoms with Crippen LogP contribution in [0.25, 0.3) is 6.08 Å². The van der Waals surface area contributed by atoms with Gasteiger partial charge in [-0.05, 0) is 19.4 Å². The number of benzene rings is 1. The topological polar surface area (TPSA) is 60.0 Å². The van der Waals surface area contributed by atoms with E-state index in [1.165, 1.54) is 5.56 Å². The van der Waals surface area contributed by atoms with Crippen LogP contribution in [-0.4, -0.2) is 74.0 Å². The summed E-state index contributed by atoms with van der Waals surface area (Å²) in [6, 6.07) is 10.6. The number of carbonyl (C=O) groups is 1. The Balaban J connectivity index is 0.00000392. The van der Waals surface area contributed by atoms with Crippen molar-refractivity contribution in [3.8, 4) is 0 Å². The summed E-state index contributed by atoms with van der Waals surface area (Å²) < 4.78 is 0. The van der Waals surface area contributed by atoms with Crippen molar-refractivity contribution in [1.82, 2.24) is 20.4 Å². The summed E-state index contributed by atoms with van der Waals surface area (Å²) in [4.78, 5) is 20.8. The van der Waals surface area contributed by atoms with E-state index in [1.54, 1.807) is 7.05 Å². The van der Waals surface area contributed by atoms with Crippen LogP contribution in [0.15, 0.2) is 41.4 Å². The van der Waals surface area contributed by atoms with E-state index in [4.69, 9.17) is 0 Å². The van der Waals surface area contributed by atoms with Gasteiger partial charge in [-0.25, -0.2) is 0 Å². The van der Waals surface area contributed by atoms with E-state index in [2.05, 4.69) is 61.8 Å². The van der Waals surface area contributed by atoms with E-state index < -0.39 is 0 Å². The Hall–Kier alpha value is -1.61. The van der Waals surface area contributed by atoms with Gasteiger partial charge in [-0.1, -0.05) is 42.5 Å². The molecule has 7 heteroatoms. The Morgan fingerprint density at radius 1 is 1.18 bits per heavy atom. The molecule has 1 saturated heterocycles. The lowest BCUT2D eigenvalue weighted by atomic mass is 10.2. The number of hydrogen-bond acceptors (Lipinski definition) is 3. The van der Waals surface area contributed by atoms with Gasteiger partial charge in [-0.2, -0.15) is 0 Å². The number of rotatable bonds is 7. The van der Waals surface area contributed by atoms with Crippen molar-refractivity contribution < 1.29 is 4.79 Å². The maximum atomic E-state index is 11.7. The number of halogens is 1. The molecule has 1 amide bonds. The van der Waals surface area contributed by atoms with Gasteiger partial charge in [0.2, 0.25) is 5.91 Å². The molecule has 2 N–H and O–H groups in total. The normalized spacial score (nSPS) is 15.6. The Bertz CT molecular complexity index is 625. The third-order valence-electron chi connectivity index (χ3n) is 4.44. The Morgan fingerprint density at radius 3 is 2.46 bits per heavy atom. The SMILES string of the molecule is CN=C(NCCC(=O)NC(C)C)N1CCN(C/C=C/c2ccccc2)CC1.I. The average Bonchev–Trinajstić information content (AvgIpc) is 2.66. The van der Waals surface area contributed by atoms with Gasteiger partial charge in [0.05, 0.1) is 0 Å². The fourth-order valence-electron chi connectivity index (χ4n) is 3.06. The molecule has 0 aromatic heterocycles. The van der Waals surface area contributed by atoms with E-state index in [-0.39, 0.29) is 35.9 Å². The Kier molecular flexibility index (Phi) is 11.8. The van der Waals surface area contributed by atoms with Crippen LogP contribution in [0.1, 0.15) is 25.8 Å².